The Morgan fingerprint density at radius 2 is 1.29 bits per heavy atom. The summed E-state index contributed by atoms with van der Waals surface area (Å²) < 4.78 is 0. The molecule has 312 valence electrons. The van der Waals surface area contributed by atoms with Gasteiger partial charge in [0.25, 0.3) is 0 Å². The molecule has 2 rings (SSSR count). The van der Waals surface area contributed by atoms with Gasteiger partial charge in [-0.1, -0.05) is 32.4 Å². The molecule has 2 aromatic rings. The fraction of sp³-hybridized carbons (Fsp3) is 0.595. The van der Waals surface area contributed by atoms with E-state index < -0.39 is 77.7 Å². The van der Waals surface area contributed by atoms with Crippen LogP contribution in [0, 0.1) is 5.92 Å². The first-order chi connectivity index (χ1) is 26.7. The molecule has 0 radical (unpaired) electrons. The molecule has 0 bridgehead atoms. The molecule has 18 nitrogen and oxygen atoms in total. The fourth-order valence-corrected chi connectivity index (χ4v) is 6.14. The molecular weight excluding hydrogens is 745 g/mol. The minimum absolute atomic E-state index is 0.0109. The first-order valence-corrected chi connectivity index (χ1v) is 20.2. The Morgan fingerprint density at radius 1 is 0.732 bits per heavy atom. The third-order valence-corrected chi connectivity index (χ3v) is 9.62. The normalized spacial score (nSPS) is 14.4. The Bertz CT molecular complexity index is 1530. The number of carboxylic acids is 1. The topological polar surface area (TPSA) is 310 Å². The van der Waals surface area contributed by atoms with E-state index in [4.69, 9.17) is 17.2 Å². The van der Waals surface area contributed by atoms with Gasteiger partial charge in [-0.15, -0.1) is 0 Å². The molecule has 1 aromatic carbocycles. The highest BCUT2D eigenvalue weighted by Crippen LogP contribution is 2.14. The lowest BCUT2D eigenvalue weighted by Crippen LogP contribution is -2.60. The standard InChI is InChI=1S/C37H60N10O8S/c1-22(2)31(36(53)44-28(37(54)55)14-17-56-3)47-35(52)30(19-24-20-41-21-42-24)46-34(51)29(18-23-10-12-25(48)13-11-23)45-33(50)27(9-5-7-16-39)43-32(49)26(40)8-4-6-15-38/h10-13,20-22,26-31,48H,4-9,14-19,38-40H2,1-3H3,(H,41,42)(H,43,49)(H,44,53)(H,45,50)(H,46,51)(H,47,52)(H,54,55)/t26-,27-,28-,29-,30-,31-/m0/s1. The number of amides is 5. The van der Waals surface area contributed by atoms with E-state index in [0.717, 1.165) is 0 Å². The molecular formula is C37H60N10O8S. The lowest BCUT2D eigenvalue weighted by atomic mass is 10.0. The molecule has 0 aliphatic carbocycles. The van der Waals surface area contributed by atoms with Gasteiger partial charge in [0.1, 0.15) is 36.0 Å². The van der Waals surface area contributed by atoms with Crippen molar-refractivity contribution < 1.29 is 39.0 Å². The molecule has 5 amide bonds. The number of phenols is 1. The van der Waals surface area contributed by atoms with Crippen molar-refractivity contribution in [3.8, 4) is 5.75 Å². The number of benzene rings is 1. The number of nitrogens with two attached hydrogens (primary N) is 3. The maximum absolute atomic E-state index is 14.2. The second kappa shape index (κ2) is 25.4. The van der Waals surface area contributed by atoms with E-state index >= 15 is 0 Å². The number of aliphatic carboxylic acids is 1. The summed E-state index contributed by atoms with van der Waals surface area (Å²) in [5.41, 5.74) is 18.4. The first-order valence-electron chi connectivity index (χ1n) is 18.8. The van der Waals surface area contributed by atoms with Crippen molar-refractivity contribution in [2.24, 2.45) is 23.1 Å². The molecule has 14 N–H and O–H groups in total. The van der Waals surface area contributed by atoms with Gasteiger partial charge in [-0.05, 0) is 87.2 Å². The van der Waals surface area contributed by atoms with Gasteiger partial charge < -0.3 is 59.0 Å². The Hall–Kier alpha value is -4.72. The van der Waals surface area contributed by atoms with Gasteiger partial charge in [0.05, 0.1) is 12.4 Å². The van der Waals surface area contributed by atoms with Gasteiger partial charge in [-0.3, -0.25) is 24.0 Å². The summed E-state index contributed by atoms with van der Waals surface area (Å²) in [7, 11) is 0. The number of carboxylic acid groups (broad SMARTS) is 1. The number of carbonyl (C=O) groups excluding carboxylic acids is 5. The van der Waals surface area contributed by atoms with Crippen molar-refractivity contribution in [3.05, 3.63) is 48.0 Å². The number of carbonyl (C=O) groups is 6. The molecule has 0 saturated heterocycles. The fourth-order valence-electron chi connectivity index (χ4n) is 5.67. The van der Waals surface area contributed by atoms with Crippen LogP contribution in [0.3, 0.4) is 0 Å². The van der Waals surface area contributed by atoms with Crippen LogP contribution in [0.1, 0.15) is 70.1 Å². The van der Waals surface area contributed by atoms with E-state index in [-0.39, 0.29) is 31.4 Å². The zero-order valence-electron chi connectivity index (χ0n) is 32.4. The van der Waals surface area contributed by atoms with Gasteiger partial charge in [0.15, 0.2) is 0 Å². The summed E-state index contributed by atoms with van der Waals surface area (Å²) in [5, 5.41) is 32.9. The number of rotatable bonds is 27. The van der Waals surface area contributed by atoms with Crippen LogP contribution in [0.15, 0.2) is 36.8 Å². The maximum Gasteiger partial charge on any atom is 0.326 e. The first kappa shape index (κ1) is 47.4. The minimum Gasteiger partial charge on any atom is -0.508 e. The van der Waals surface area contributed by atoms with E-state index in [2.05, 4.69) is 36.6 Å². The van der Waals surface area contributed by atoms with Crippen LogP contribution in [0.4, 0.5) is 0 Å². The van der Waals surface area contributed by atoms with Crippen LogP contribution in [-0.4, -0.2) is 117 Å². The summed E-state index contributed by atoms with van der Waals surface area (Å²) >= 11 is 1.43. The van der Waals surface area contributed by atoms with Gasteiger partial charge in [-0.25, -0.2) is 9.78 Å². The number of hydrogen-bond donors (Lipinski definition) is 11. The van der Waals surface area contributed by atoms with Crippen molar-refractivity contribution in [1.82, 2.24) is 36.6 Å². The van der Waals surface area contributed by atoms with E-state index in [0.29, 0.717) is 62.2 Å². The Morgan fingerprint density at radius 3 is 1.84 bits per heavy atom. The molecule has 6 atom stereocenters. The lowest BCUT2D eigenvalue weighted by Gasteiger charge is -2.28. The summed E-state index contributed by atoms with van der Waals surface area (Å²) in [6.45, 7) is 4.18. The van der Waals surface area contributed by atoms with Crippen LogP contribution in [0.5, 0.6) is 5.75 Å². The summed E-state index contributed by atoms with van der Waals surface area (Å²) in [5.74, 6) is -4.61. The molecule has 19 heteroatoms. The summed E-state index contributed by atoms with van der Waals surface area (Å²) in [6, 6.07) is -0.857. The largest absolute Gasteiger partial charge is 0.508 e. The number of nitrogens with zero attached hydrogens (tertiary/aromatic N) is 1. The van der Waals surface area contributed by atoms with Crippen LogP contribution in [-0.2, 0) is 41.6 Å². The number of aromatic hydroxyl groups is 1. The highest BCUT2D eigenvalue weighted by molar-refractivity contribution is 7.98. The number of phenolic OH excluding ortho intramolecular Hbond substituents is 1. The van der Waals surface area contributed by atoms with Gasteiger partial charge in [0, 0.05) is 24.7 Å². The van der Waals surface area contributed by atoms with Gasteiger partial charge >= 0.3 is 5.97 Å². The second-order valence-corrected chi connectivity index (χ2v) is 14.9. The molecule has 0 unspecified atom stereocenters. The van der Waals surface area contributed by atoms with Gasteiger partial charge in [0.2, 0.25) is 29.5 Å². The predicted octanol–water partition coefficient (Wildman–Crippen LogP) is -0.596. The van der Waals surface area contributed by atoms with Crippen molar-refractivity contribution in [1.29, 1.82) is 0 Å². The van der Waals surface area contributed by atoms with E-state index in [1.807, 2.05) is 6.26 Å². The second-order valence-electron chi connectivity index (χ2n) is 13.9. The van der Waals surface area contributed by atoms with E-state index in [9.17, 15) is 39.0 Å². The third-order valence-electron chi connectivity index (χ3n) is 8.98. The van der Waals surface area contributed by atoms with Gasteiger partial charge in [-0.2, -0.15) is 11.8 Å². The molecule has 1 aromatic heterocycles. The Balaban J connectivity index is 2.40. The smallest absolute Gasteiger partial charge is 0.326 e. The Labute approximate surface area is 332 Å². The number of hydrogen-bond acceptors (Lipinski definition) is 12. The van der Waals surface area contributed by atoms with Crippen molar-refractivity contribution >= 4 is 47.3 Å². The number of H-pyrrole nitrogens is 1. The van der Waals surface area contributed by atoms with Crippen LogP contribution in [0.2, 0.25) is 0 Å². The average Bonchev–Trinajstić information content (AvgIpc) is 3.68. The maximum atomic E-state index is 14.2. The summed E-state index contributed by atoms with van der Waals surface area (Å²) in [4.78, 5) is 87.1. The Kier molecular flexibility index (Phi) is 21.5. The highest BCUT2D eigenvalue weighted by Gasteiger charge is 2.34. The molecule has 1 heterocycles. The molecule has 0 aliphatic rings. The molecule has 0 aliphatic heterocycles. The molecule has 0 saturated carbocycles. The van der Waals surface area contributed by atoms with Crippen LogP contribution >= 0.6 is 11.8 Å². The third kappa shape index (κ3) is 17.0. The molecule has 56 heavy (non-hydrogen) atoms. The van der Waals surface area contributed by atoms with Crippen LogP contribution in [0.25, 0.3) is 0 Å². The molecule has 0 fully saturated rings. The lowest BCUT2D eigenvalue weighted by molar-refractivity contribution is -0.142. The monoisotopic (exact) mass is 804 g/mol. The average molecular weight is 805 g/mol. The van der Waals surface area contributed by atoms with Crippen LogP contribution < -0.4 is 43.8 Å². The van der Waals surface area contributed by atoms with Crippen molar-refractivity contribution in [2.45, 2.75) is 108 Å². The quantitative estimate of drug-likeness (QED) is 0.0504. The zero-order chi connectivity index (χ0) is 41.6. The van der Waals surface area contributed by atoms with Crippen molar-refractivity contribution in [2.75, 3.05) is 25.1 Å². The minimum atomic E-state index is -1.30. The number of aromatic amines is 1. The SMILES string of the molecule is CSCC[C@H](NC(=O)[C@@H](NC(=O)[C@H](Cc1cnc[nH]1)NC(=O)[C@H](Cc1ccc(O)cc1)NC(=O)[C@H](CCCCN)NC(=O)[C@@H](N)CCCCN)C(C)C)C(=O)O. The van der Waals surface area contributed by atoms with E-state index in [1.165, 1.54) is 36.4 Å². The number of imidazole rings is 1. The summed E-state index contributed by atoms with van der Waals surface area (Å²) in [6.07, 6.45) is 7.65. The molecule has 0 spiro atoms. The number of aromatic nitrogens is 2. The zero-order valence-corrected chi connectivity index (χ0v) is 33.2. The number of nitrogens with one attached hydrogen (secondary N) is 6. The number of thioether (sulfide) groups is 1. The van der Waals surface area contributed by atoms with E-state index in [1.54, 1.807) is 26.0 Å². The number of unbranched alkanes of at least 4 members (excludes halogenated alkanes) is 2. The van der Waals surface area contributed by atoms with Crippen molar-refractivity contribution in [3.63, 3.8) is 0 Å². The predicted molar refractivity (Wildman–Crippen MR) is 213 cm³/mol. The highest BCUT2D eigenvalue weighted by atomic mass is 32.2.